The summed E-state index contributed by atoms with van der Waals surface area (Å²) >= 11 is 0. The first-order valence-electron chi connectivity index (χ1n) is 7.90. The van der Waals surface area contributed by atoms with Crippen molar-refractivity contribution in [1.82, 2.24) is 15.3 Å². The molecule has 2 rings (SSSR count). The third kappa shape index (κ3) is 4.52. The molecule has 122 valence electrons. The Labute approximate surface area is 137 Å². The molecule has 0 spiro atoms. The van der Waals surface area contributed by atoms with Crippen molar-refractivity contribution in [3.63, 3.8) is 0 Å². The predicted octanol–water partition coefficient (Wildman–Crippen LogP) is 3.67. The molecule has 2 aromatic rings. The highest BCUT2D eigenvalue weighted by Gasteiger charge is 2.13. The molecule has 2 N–H and O–H groups in total. The predicted molar refractivity (Wildman–Crippen MR) is 93.2 cm³/mol. The van der Waals surface area contributed by atoms with E-state index in [4.69, 9.17) is 0 Å². The average molecular weight is 312 g/mol. The van der Waals surface area contributed by atoms with Gasteiger partial charge in [-0.1, -0.05) is 19.1 Å². The van der Waals surface area contributed by atoms with Crippen LogP contribution in [-0.4, -0.2) is 21.9 Å². The monoisotopic (exact) mass is 312 g/mol. The molecule has 1 aromatic carbocycles. The topological polar surface area (TPSA) is 66.9 Å². The van der Waals surface area contributed by atoms with E-state index < -0.39 is 0 Å². The summed E-state index contributed by atoms with van der Waals surface area (Å²) in [6.07, 6.45) is 0.878. The minimum atomic E-state index is -0.172. The fourth-order valence-electron chi connectivity index (χ4n) is 2.13. The SMILES string of the molecule is CCC(C)NC(=O)c1cc(C)nc(Nc2cc(C)ccc2C)n1. The van der Waals surface area contributed by atoms with Crippen LogP contribution < -0.4 is 10.6 Å². The van der Waals surface area contributed by atoms with Gasteiger partial charge in [0.25, 0.3) is 5.91 Å². The van der Waals surface area contributed by atoms with E-state index in [0.717, 1.165) is 28.9 Å². The molecule has 0 saturated carbocycles. The molecule has 0 aliphatic heterocycles. The summed E-state index contributed by atoms with van der Waals surface area (Å²) in [6, 6.07) is 7.96. The van der Waals surface area contributed by atoms with Crippen LogP contribution in [0.5, 0.6) is 0 Å². The summed E-state index contributed by atoms with van der Waals surface area (Å²) in [4.78, 5) is 21.0. The molecule has 5 nitrogen and oxygen atoms in total. The molecule has 1 atom stereocenters. The van der Waals surface area contributed by atoms with E-state index in [2.05, 4.69) is 26.7 Å². The van der Waals surface area contributed by atoms with Gasteiger partial charge in [-0.3, -0.25) is 4.79 Å². The number of hydrogen-bond acceptors (Lipinski definition) is 4. The number of nitrogens with zero attached hydrogens (tertiary/aromatic N) is 2. The highest BCUT2D eigenvalue weighted by atomic mass is 16.1. The second-order valence-corrected chi connectivity index (χ2v) is 5.94. The Morgan fingerprint density at radius 3 is 2.61 bits per heavy atom. The molecule has 0 radical (unpaired) electrons. The van der Waals surface area contributed by atoms with Crippen LogP contribution in [0.1, 0.15) is 47.6 Å². The Balaban J connectivity index is 2.26. The minimum absolute atomic E-state index is 0.119. The lowest BCUT2D eigenvalue weighted by molar-refractivity contribution is 0.0934. The van der Waals surface area contributed by atoms with E-state index in [1.807, 2.05) is 46.8 Å². The van der Waals surface area contributed by atoms with Gasteiger partial charge in [0.05, 0.1) is 0 Å². The largest absolute Gasteiger partial charge is 0.348 e. The van der Waals surface area contributed by atoms with Crippen LogP contribution in [0.3, 0.4) is 0 Å². The third-order valence-electron chi connectivity index (χ3n) is 3.72. The molecule has 23 heavy (non-hydrogen) atoms. The zero-order chi connectivity index (χ0) is 17.0. The number of benzene rings is 1. The molecular weight excluding hydrogens is 288 g/mol. The quantitative estimate of drug-likeness (QED) is 0.884. The molecule has 1 aromatic heterocycles. The van der Waals surface area contributed by atoms with Crippen LogP contribution in [0.15, 0.2) is 24.3 Å². The van der Waals surface area contributed by atoms with Crippen molar-refractivity contribution < 1.29 is 4.79 Å². The first-order chi connectivity index (χ1) is 10.9. The number of amides is 1. The fourth-order valence-corrected chi connectivity index (χ4v) is 2.13. The highest BCUT2D eigenvalue weighted by Crippen LogP contribution is 2.20. The van der Waals surface area contributed by atoms with Gasteiger partial charge in [0, 0.05) is 17.4 Å². The second-order valence-electron chi connectivity index (χ2n) is 5.94. The maximum atomic E-state index is 12.3. The molecule has 1 amide bonds. The van der Waals surface area contributed by atoms with Gasteiger partial charge in [-0.25, -0.2) is 9.97 Å². The van der Waals surface area contributed by atoms with Gasteiger partial charge < -0.3 is 10.6 Å². The number of hydrogen-bond donors (Lipinski definition) is 2. The van der Waals surface area contributed by atoms with Crippen molar-refractivity contribution in [2.24, 2.45) is 0 Å². The van der Waals surface area contributed by atoms with E-state index >= 15 is 0 Å². The summed E-state index contributed by atoms with van der Waals surface area (Å²) in [5, 5.41) is 6.14. The van der Waals surface area contributed by atoms with Crippen LogP contribution in [0.25, 0.3) is 0 Å². The highest BCUT2D eigenvalue weighted by molar-refractivity contribution is 5.92. The first-order valence-corrected chi connectivity index (χ1v) is 7.90. The maximum Gasteiger partial charge on any atom is 0.270 e. The number of carbonyl (C=O) groups excluding carboxylic acids is 1. The summed E-state index contributed by atoms with van der Waals surface area (Å²) in [7, 11) is 0. The number of nitrogens with one attached hydrogen (secondary N) is 2. The van der Waals surface area contributed by atoms with Crippen LogP contribution in [-0.2, 0) is 0 Å². The lowest BCUT2D eigenvalue weighted by Crippen LogP contribution is -2.32. The van der Waals surface area contributed by atoms with Gasteiger partial charge in [-0.05, 0) is 57.4 Å². The van der Waals surface area contributed by atoms with Gasteiger partial charge >= 0.3 is 0 Å². The summed E-state index contributed by atoms with van der Waals surface area (Å²) in [5.41, 5.74) is 4.34. The Morgan fingerprint density at radius 2 is 1.91 bits per heavy atom. The molecule has 0 aliphatic carbocycles. The number of aromatic nitrogens is 2. The number of aryl methyl sites for hydroxylation is 3. The molecule has 0 aliphatic rings. The van der Waals surface area contributed by atoms with Crippen molar-refractivity contribution in [3.8, 4) is 0 Å². The Hall–Kier alpha value is -2.43. The number of rotatable bonds is 5. The standard InChI is InChI=1S/C18H24N4O/c1-6-13(4)19-17(23)16-10-14(5)20-18(22-16)21-15-9-11(2)7-8-12(15)3/h7-10,13H,6H2,1-5H3,(H,19,23)(H,20,21,22). The van der Waals surface area contributed by atoms with Gasteiger partial charge in [-0.15, -0.1) is 0 Å². The van der Waals surface area contributed by atoms with E-state index in [1.165, 1.54) is 0 Å². The molecule has 0 fully saturated rings. The van der Waals surface area contributed by atoms with Crippen molar-refractivity contribution in [3.05, 3.63) is 46.8 Å². The van der Waals surface area contributed by atoms with Crippen LogP contribution in [0, 0.1) is 20.8 Å². The van der Waals surface area contributed by atoms with Crippen LogP contribution in [0.4, 0.5) is 11.6 Å². The molecular formula is C18H24N4O. The van der Waals surface area contributed by atoms with Crippen molar-refractivity contribution >= 4 is 17.5 Å². The normalized spacial score (nSPS) is 11.9. The van der Waals surface area contributed by atoms with Gasteiger partial charge in [0.15, 0.2) is 0 Å². The van der Waals surface area contributed by atoms with E-state index in [1.54, 1.807) is 6.07 Å². The van der Waals surface area contributed by atoms with Crippen molar-refractivity contribution in [2.45, 2.75) is 47.1 Å². The van der Waals surface area contributed by atoms with E-state index in [9.17, 15) is 4.79 Å². The molecule has 1 heterocycles. The van der Waals surface area contributed by atoms with Crippen molar-refractivity contribution in [2.75, 3.05) is 5.32 Å². The van der Waals surface area contributed by atoms with E-state index in [-0.39, 0.29) is 11.9 Å². The molecule has 1 unspecified atom stereocenters. The van der Waals surface area contributed by atoms with Crippen LogP contribution in [0.2, 0.25) is 0 Å². The zero-order valence-corrected chi connectivity index (χ0v) is 14.4. The smallest absolute Gasteiger partial charge is 0.270 e. The Morgan fingerprint density at radius 1 is 1.17 bits per heavy atom. The zero-order valence-electron chi connectivity index (χ0n) is 14.4. The summed E-state index contributed by atoms with van der Waals surface area (Å²) < 4.78 is 0. The second kappa shape index (κ2) is 7.22. The average Bonchev–Trinajstić information content (AvgIpc) is 2.50. The molecule has 0 saturated heterocycles. The maximum absolute atomic E-state index is 12.3. The summed E-state index contributed by atoms with van der Waals surface area (Å²) in [6.45, 7) is 9.92. The number of anilines is 2. The lowest BCUT2D eigenvalue weighted by atomic mass is 10.1. The van der Waals surface area contributed by atoms with Gasteiger partial charge in [-0.2, -0.15) is 0 Å². The minimum Gasteiger partial charge on any atom is -0.348 e. The lowest BCUT2D eigenvalue weighted by Gasteiger charge is -2.13. The van der Waals surface area contributed by atoms with Crippen LogP contribution >= 0.6 is 0 Å². The fraction of sp³-hybridized carbons (Fsp3) is 0.389. The third-order valence-corrected chi connectivity index (χ3v) is 3.72. The first kappa shape index (κ1) is 16.9. The molecule has 0 bridgehead atoms. The van der Waals surface area contributed by atoms with Crippen molar-refractivity contribution in [1.29, 1.82) is 0 Å². The summed E-state index contributed by atoms with van der Waals surface area (Å²) in [5.74, 6) is 0.266. The molecule has 5 heteroatoms. The number of carbonyl (C=O) groups is 1. The van der Waals surface area contributed by atoms with E-state index in [0.29, 0.717) is 11.6 Å². The van der Waals surface area contributed by atoms with Gasteiger partial charge in [0.2, 0.25) is 5.95 Å². The Bertz CT molecular complexity index is 712. The Kier molecular flexibility index (Phi) is 5.32. The van der Waals surface area contributed by atoms with Gasteiger partial charge in [0.1, 0.15) is 5.69 Å².